The molecule has 3 rings (SSSR count). The number of carbonyl (C=O) groups is 1. The normalized spacial score (nSPS) is 18.1. The molecule has 0 bridgehead atoms. The summed E-state index contributed by atoms with van der Waals surface area (Å²) in [4.78, 5) is 14.0. The fraction of sp³-hybridized carbons (Fsp3) is 0.235. The molecule has 0 saturated carbocycles. The predicted octanol–water partition coefficient (Wildman–Crippen LogP) is 3.87. The summed E-state index contributed by atoms with van der Waals surface area (Å²) in [5, 5.41) is 4.13. The second kappa shape index (κ2) is 5.78. The van der Waals surface area contributed by atoms with Crippen molar-refractivity contribution in [1.82, 2.24) is 0 Å². The van der Waals surface area contributed by atoms with Crippen molar-refractivity contribution in [3.8, 4) is 0 Å². The Morgan fingerprint density at radius 1 is 1.19 bits per heavy atom. The molecule has 1 heterocycles. The lowest BCUT2D eigenvalue weighted by molar-refractivity contribution is -0.117. The van der Waals surface area contributed by atoms with Crippen molar-refractivity contribution >= 4 is 28.9 Å². The highest BCUT2D eigenvalue weighted by Crippen LogP contribution is 2.26. The lowest BCUT2D eigenvalue weighted by Gasteiger charge is -2.18. The standard InChI is InChI=1S/C17H17ClN2O/c1-12-7-8-13(18)9-16(12)19-14-10-17(21)20(11-14)15-5-3-2-4-6-15/h2-9,14,19H,10-11H2,1H3. The SMILES string of the molecule is Cc1ccc(Cl)cc1NC1CC(=O)N(c2ccccc2)C1. The minimum Gasteiger partial charge on any atom is -0.380 e. The molecule has 4 heteroatoms. The van der Waals surface area contributed by atoms with Crippen LogP contribution in [0.5, 0.6) is 0 Å². The molecule has 1 fully saturated rings. The van der Waals surface area contributed by atoms with Crippen LogP contribution in [-0.2, 0) is 4.79 Å². The van der Waals surface area contributed by atoms with Gasteiger partial charge in [0.1, 0.15) is 0 Å². The van der Waals surface area contributed by atoms with Gasteiger partial charge in [0, 0.05) is 29.4 Å². The van der Waals surface area contributed by atoms with Crippen molar-refractivity contribution in [2.45, 2.75) is 19.4 Å². The minimum absolute atomic E-state index is 0.106. The lowest BCUT2D eigenvalue weighted by Crippen LogP contribution is -2.27. The van der Waals surface area contributed by atoms with Crippen LogP contribution in [0.25, 0.3) is 0 Å². The van der Waals surface area contributed by atoms with E-state index in [2.05, 4.69) is 5.32 Å². The Morgan fingerprint density at radius 2 is 1.95 bits per heavy atom. The van der Waals surface area contributed by atoms with Gasteiger partial charge in [-0.05, 0) is 36.8 Å². The van der Waals surface area contributed by atoms with Gasteiger partial charge in [-0.3, -0.25) is 4.79 Å². The number of rotatable bonds is 3. The van der Waals surface area contributed by atoms with E-state index in [-0.39, 0.29) is 11.9 Å². The van der Waals surface area contributed by atoms with E-state index >= 15 is 0 Å². The van der Waals surface area contributed by atoms with Crippen LogP contribution in [0.4, 0.5) is 11.4 Å². The zero-order valence-electron chi connectivity index (χ0n) is 11.8. The average molecular weight is 301 g/mol. The molecule has 0 aromatic heterocycles. The van der Waals surface area contributed by atoms with Gasteiger partial charge in [-0.1, -0.05) is 35.9 Å². The van der Waals surface area contributed by atoms with E-state index in [9.17, 15) is 4.79 Å². The molecule has 2 aromatic rings. The molecule has 3 nitrogen and oxygen atoms in total. The van der Waals surface area contributed by atoms with Crippen molar-refractivity contribution < 1.29 is 4.79 Å². The first-order valence-corrected chi connectivity index (χ1v) is 7.39. The fourth-order valence-electron chi connectivity index (χ4n) is 2.63. The van der Waals surface area contributed by atoms with E-state index in [1.165, 1.54) is 0 Å². The third kappa shape index (κ3) is 3.03. The van der Waals surface area contributed by atoms with Crippen LogP contribution in [0.2, 0.25) is 5.02 Å². The molecule has 1 aliphatic rings. The highest BCUT2D eigenvalue weighted by atomic mass is 35.5. The zero-order valence-corrected chi connectivity index (χ0v) is 12.6. The summed E-state index contributed by atoms with van der Waals surface area (Å²) < 4.78 is 0. The maximum atomic E-state index is 12.2. The molecule has 1 unspecified atom stereocenters. The van der Waals surface area contributed by atoms with E-state index in [0.29, 0.717) is 18.0 Å². The number of anilines is 2. The first kappa shape index (κ1) is 14.0. The van der Waals surface area contributed by atoms with Crippen LogP contribution in [0.15, 0.2) is 48.5 Å². The molecular formula is C17H17ClN2O. The van der Waals surface area contributed by atoms with E-state index in [1.54, 1.807) is 0 Å². The number of hydrogen-bond acceptors (Lipinski definition) is 2. The molecular weight excluding hydrogens is 284 g/mol. The largest absolute Gasteiger partial charge is 0.380 e. The van der Waals surface area contributed by atoms with E-state index in [4.69, 9.17) is 11.6 Å². The molecule has 0 aliphatic carbocycles. The molecule has 1 amide bonds. The average Bonchev–Trinajstić information content (AvgIpc) is 2.84. The fourth-order valence-corrected chi connectivity index (χ4v) is 2.80. The Balaban J connectivity index is 1.74. The number of benzene rings is 2. The van der Waals surface area contributed by atoms with Crippen LogP contribution in [-0.4, -0.2) is 18.5 Å². The monoisotopic (exact) mass is 300 g/mol. The highest BCUT2D eigenvalue weighted by molar-refractivity contribution is 6.30. The summed E-state index contributed by atoms with van der Waals surface area (Å²) in [5.74, 6) is 0.151. The summed E-state index contributed by atoms with van der Waals surface area (Å²) in [7, 11) is 0. The Kier molecular flexibility index (Phi) is 3.84. The Bertz CT molecular complexity index is 657. The van der Waals surface area contributed by atoms with Crippen LogP contribution in [0.1, 0.15) is 12.0 Å². The third-order valence-corrected chi connectivity index (χ3v) is 3.99. The predicted molar refractivity (Wildman–Crippen MR) is 87.0 cm³/mol. The van der Waals surface area contributed by atoms with Crippen LogP contribution >= 0.6 is 11.6 Å². The van der Waals surface area contributed by atoms with Crippen molar-refractivity contribution in [3.63, 3.8) is 0 Å². The number of nitrogens with zero attached hydrogens (tertiary/aromatic N) is 1. The van der Waals surface area contributed by atoms with Gasteiger partial charge in [0.25, 0.3) is 0 Å². The molecule has 0 spiro atoms. The Morgan fingerprint density at radius 3 is 2.71 bits per heavy atom. The number of nitrogens with one attached hydrogen (secondary N) is 1. The summed E-state index contributed by atoms with van der Waals surface area (Å²) in [6.45, 7) is 2.71. The molecule has 0 radical (unpaired) electrons. The van der Waals surface area contributed by atoms with Gasteiger partial charge < -0.3 is 10.2 Å². The Hall–Kier alpha value is -2.00. The smallest absolute Gasteiger partial charge is 0.229 e. The topological polar surface area (TPSA) is 32.3 Å². The van der Waals surface area contributed by atoms with Gasteiger partial charge in [0.2, 0.25) is 5.91 Å². The number of halogens is 1. The molecule has 108 valence electrons. The lowest BCUT2D eigenvalue weighted by atomic mass is 10.1. The Labute approximate surface area is 129 Å². The van der Waals surface area contributed by atoms with Crippen LogP contribution in [0, 0.1) is 6.92 Å². The number of carbonyl (C=O) groups excluding carboxylic acids is 1. The molecule has 2 aromatic carbocycles. The first-order chi connectivity index (χ1) is 10.1. The highest BCUT2D eigenvalue weighted by Gasteiger charge is 2.30. The van der Waals surface area contributed by atoms with E-state index in [0.717, 1.165) is 16.9 Å². The number of para-hydroxylation sites is 1. The maximum absolute atomic E-state index is 12.2. The van der Waals surface area contributed by atoms with Crippen LogP contribution < -0.4 is 10.2 Å². The summed E-state index contributed by atoms with van der Waals surface area (Å²) in [6.07, 6.45) is 0.501. The zero-order chi connectivity index (χ0) is 14.8. The summed E-state index contributed by atoms with van der Waals surface area (Å²) in [5.41, 5.74) is 3.08. The van der Waals surface area contributed by atoms with Gasteiger partial charge in [0.05, 0.1) is 6.04 Å². The van der Waals surface area contributed by atoms with Crippen LogP contribution in [0.3, 0.4) is 0 Å². The third-order valence-electron chi connectivity index (χ3n) is 3.75. The molecule has 1 atom stereocenters. The van der Waals surface area contributed by atoms with Crippen molar-refractivity contribution in [3.05, 3.63) is 59.1 Å². The number of amides is 1. The van der Waals surface area contributed by atoms with Crippen molar-refractivity contribution in [2.24, 2.45) is 0 Å². The van der Waals surface area contributed by atoms with Gasteiger partial charge in [-0.15, -0.1) is 0 Å². The molecule has 1 saturated heterocycles. The number of aryl methyl sites for hydroxylation is 1. The van der Waals surface area contributed by atoms with E-state index in [1.807, 2.05) is 60.4 Å². The summed E-state index contributed by atoms with van der Waals surface area (Å²) >= 11 is 6.04. The quantitative estimate of drug-likeness (QED) is 0.933. The molecule has 1 N–H and O–H groups in total. The van der Waals surface area contributed by atoms with Gasteiger partial charge >= 0.3 is 0 Å². The second-order valence-corrected chi connectivity index (χ2v) is 5.78. The van der Waals surface area contributed by atoms with E-state index < -0.39 is 0 Å². The van der Waals surface area contributed by atoms with Gasteiger partial charge in [-0.2, -0.15) is 0 Å². The molecule has 21 heavy (non-hydrogen) atoms. The molecule has 1 aliphatic heterocycles. The first-order valence-electron chi connectivity index (χ1n) is 7.01. The van der Waals surface area contributed by atoms with Crippen molar-refractivity contribution in [1.29, 1.82) is 0 Å². The second-order valence-electron chi connectivity index (χ2n) is 5.34. The van der Waals surface area contributed by atoms with Gasteiger partial charge in [-0.25, -0.2) is 0 Å². The van der Waals surface area contributed by atoms with Crippen molar-refractivity contribution in [2.75, 3.05) is 16.8 Å². The minimum atomic E-state index is 0.106. The number of hydrogen-bond donors (Lipinski definition) is 1. The van der Waals surface area contributed by atoms with Gasteiger partial charge in [0.15, 0.2) is 0 Å². The maximum Gasteiger partial charge on any atom is 0.229 e. The summed E-state index contributed by atoms with van der Waals surface area (Å²) in [6, 6.07) is 15.6.